The van der Waals surface area contributed by atoms with Crippen LogP contribution in [0.2, 0.25) is 0 Å². The molecule has 96 valence electrons. The molecule has 0 aromatic rings. The van der Waals surface area contributed by atoms with E-state index in [0.717, 1.165) is 12.8 Å². The quantitative estimate of drug-likeness (QED) is 0.560. The molecule has 0 radical (unpaired) electrons. The van der Waals surface area contributed by atoms with Crippen molar-refractivity contribution in [2.75, 3.05) is 0 Å². The van der Waals surface area contributed by atoms with E-state index in [0.29, 0.717) is 30.3 Å². The van der Waals surface area contributed by atoms with Crippen molar-refractivity contribution < 1.29 is 9.90 Å². The van der Waals surface area contributed by atoms with Gasteiger partial charge in [0, 0.05) is 6.42 Å². The number of carbonyl (C=O) groups is 1. The molecule has 0 aromatic heterocycles. The summed E-state index contributed by atoms with van der Waals surface area (Å²) in [5.74, 6) is 1.02. The maximum absolute atomic E-state index is 11.8. The molecule has 2 atom stereocenters. The van der Waals surface area contributed by atoms with Gasteiger partial charge in [-0.25, -0.2) is 0 Å². The average Bonchev–Trinajstić information content (AvgIpc) is 2.24. The first-order chi connectivity index (χ1) is 7.82. The lowest BCUT2D eigenvalue weighted by Gasteiger charge is -2.24. The first-order valence-electron chi connectivity index (χ1n) is 6.44. The number of allylic oxidation sites excluding steroid dienone is 2. The Hall–Kier alpha value is -0.890. The van der Waals surface area contributed by atoms with E-state index in [9.17, 15) is 9.90 Å². The molecule has 2 nitrogen and oxygen atoms in total. The predicted octanol–water partition coefficient (Wildman–Crippen LogP) is 3.27. The van der Waals surface area contributed by atoms with Crippen LogP contribution in [-0.2, 0) is 4.79 Å². The first kappa shape index (κ1) is 14.2. The molecule has 0 saturated carbocycles. The fraction of sp³-hybridized carbons (Fsp3) is 0.667. The molecule has 0 amide bonds. The van der Waals surface area contributed by atoms with Crippen molar-refractivity contribution in [2.45, 2.75) is 52.1 Å². The van der Waals surface area contributed by atoms with E-state index in [-0.39, 0.29) is 5.78 Å². The largest absolute Gasteiger partial charge is 0.386 e. The molecule has 1 N–H and O–H groups in total. The lowest BCUT2D eigenvalue weighted by atomic mass is 9.84. The Morgan fingerprint density at radius 2 is 2.12 bits per heavy atom. The summed E-state index contributed by atoms with van der Waals surface area (Å²) in [6.45, 7) is 9.95. The van der Waals surface area contributed by atoms with Gasteiger partial charge in [-0.15, -0.1) is 0 Å². The van der Waals surface area contributed by atoms with Crippen LogP contribution in [0.1, 0.15) is 46.5 Å². The molecular weight excluding hydrogens is 212 g/mol. The molecule has 1 aliphatic carbocycles. The molecule has 0 spiro atoms. The third-order valence-corrected chi connectivity index (χ3v) is 3.59. The second-order valence-electron chi connectivity index (χ2n) is 5.69. The summed E-state index contributed by atoms with van der Waals surface area (Å²) < 4.78 is 0. The number of aliphatic hydroxyl groups is 1. The van der Waals surface area contributed by atoms with Gasteiger partial charge in [0.15, 0.2) is 5.78 Å². The van der Waals surface area contributed by atoms with Gasteiger partial charge in [0.1, 0.15) is 0 Å². The van der Waals surface area contributed by atoms with Gasteiger partial charge in [-0.2, -0.15) is 0 Å². The number of hydrogen-bond donors (Lipinski definition) is 1. The van der Waals surface area contributed by atoms with E-state index in [1.165, 1.54) is 0 Å². The fourth-order valence-corrected chi connectivity index (χ4v) is 2.09. The van der Waals surface area contributed by atoms with E-state index in [1.54, 1.807) is 6.92 Å². The minimum absolute atomic E-state index is 0.100. The van der Waals surface area contributed by atoms with Crippen molar-refractivity contribution in [1.82, 2.24) is 0 Å². The van der Waals surface area contributed by atoms with Gasteiger partial charge in [0.2, 0.25) is 0 Å². The summed E-state index contributed by atoms with van der Waals surface area (Å²) >= 11 is 0. The number of rotatable bonds is 1. The topological polar surface area (TPSA) is 37.3 Å². The van der Waals surface area contributed by atoms with Crippen LogP contribution in [0.15, 0.2) is 24.3 Å². The highest BCUT2D eigenvalue weighted by Gasteiger charge is 2.22. The van der Waals surface area contributed by atoms with Crippen molar-refractivity contribution in [3.63, 3.8) is 0 Å². The normalized spacial score (nSPS) is 33.8. The third-order valence-electron chi connectivity index (χ3n) is 3.59. The average molecular weight is 236 g/mol. The second kappa shape index (κ2) is 5.63. The maximum Gasteiger partial charge on any atom is 0.158 e. The summed E-state index contributed by atoms with van der Waals surface area (Å²) in [4.78, 5) is 11.8. The minimum Gasteiger partial charge on any atom is -0.386 e. The van der Waals surface area contributed by atoms with Crippen LogP contribution in [-0.4, -0.2) is 16.5 Å². The van der Waals surface area contributed by atoms with Gasteiger partial charge in [-0.05, 0) is 43.6 Å². The highest BCUT2D eigenvalue weighted by atomic mass is 16.3. The molecule has 0 bridgehead atoms. The molecular formula is C15H24O2. The zero-order valence-electron chi connectivity index (χ0n) is 11.2. The highest BCUT2D eigenvalue weighted by molar-refractivity contribution is 5.94. The van der Waals surface area contributed by atoms with Crippen LogP contribution in [0.25, 0.3) is 0 Å². The predicted molar refractivity (Wildman–Crippen MR) is 70.7 cm³/mol. The standard InChI is InChI=1S/C15H24O2/c1-11(2)13-6-5-12(3)14(16)8-10-15(4,17)9-7-13/h7,9,11,13,17H,3,5-6,8,10H2,1-2,4H3/b9-7+/t13-,15-/m0/s1. The first-order valence-corrected chi connectivity index (χ1v) is 6.44. The van der Waals surface area contributed by atoms with Gasteiger partial charge >= 0.3 is 0 Å². The lowest BCUT2D eigenvalue weighted by Crippen LogP contribution is -2.24. The minimum atomic E-state index is -0.875. The van der Waals surface area contributed by atoms with Gasteiger partial charge in [0.25, 0.3) is 0 Å². The van der Waals surface area contributed by atoms with E-state index < -0.39 is 5.60 Å². The Labute approximate surface area is 104 Å². The van der Waals surface area contributed by atoms with Crippen molar-refractivity contribution in [3.8, 4) is 0 Å². The Morgan fingerprint density at radius 3 is 2.71 bits per heavy atom. The van der Waals surface area contributed by atoms with Crippen molar-refractivity contribution in [1.29, 1.82) is 0 Å². The zero-order valence-corrected chi connectivity index (χ0v) is 11.2. The van der Waals surface area contributed by atoms with Gasteiger partial charge in [0.05, 0.1) is 5.60 Å². The smallest absolute Gasteiger partial charge is 0.158 e. The number of carbonyl (C=O) groups excluding carboxylic acids is 1. The maximum atomic E-state index is 11.8. The summed E-state index contributed by atoms with van der Waals surface area (Å²) in [5, 5.41) is 10.1. The zero-order chi connectivity index (χ0) is 13.1. The number of hydrogen-bond acceptors (Lipinski definition) is 2. The van der Waals surface area contributed by atoms with Crippen LogP contribution in [0.4, 0.5) is 0 Å². The van der Waals surface area contributed by atoms with Crippen LogP contribution in [0.3, 0.4) is 0 Å². The summed E-state index contributed by atoms with van der Waals surface area (Å²) in [6.07, 6.45) is 6.55. The summed E-state index contributed by atoms with van der Waals surface area (Å²) in [7, 11) is 0. The van der Waals surface area contributed by atoms with Crippen molar-refractivity contribution in [3.05, 3.63) is 24.3 Å². The molecule has 0 aliphatic heterocycles. The molecule has 0 fully saturated rings. The Morgan fingerprint density at radius 1 is 1.47 bits per heavy atom. The van der Waals surface area contributed by atoms with Crippen LogP contribution >= 0.6 is 0 Å². The van der Waals surface area contributed by atoms with Gasteiger partial charge in [-0.3, -0.25) is 4.79 Å². The Balaban J connectivity index is 2.87. The summed E-state index contributed by atoms with van der Waals surface area (Å²) in [5.41, 5.74) is -0.165. The molecule has 17 heavy (non-hydrogen) atoms. The molecule has 0 unspecified atom stereocenters. The van der Waals surface area contributed by atoms with E-state index in [1.807, 2.05) is 6.08 Å². The lowest BCUT2D eigenvalue weighted by molar-refractivity contribution is -0.116. The monoisotopic (exact) mass is 236 g/mol. The Kier molecular flexibility index (Phi) is 4.70. The van der Waals surface area contributed by atoms with E-state index in [2.05, 4.69) is 26.5 Å². The van der Waals surface area contributed by atoms with Crippen molar-refractivity contribution >= 4 is 5.78 Å². The Bertz CT molecular complexity index is 324. The van der Waals surface area contributed by atoms with E-state index in [4.69, 9.17) is 0 Å². The highest BCUT2D eigenvalue weighted by Crippen LogP contribution is 2.26. The molecule has 2 heteroatoms. The van der Waals surface area contributed by atoms with Crippen molar-refractivity contribution in [2.24, 2.45) is 11.8 Å². The third kappa shape index (κ3) is 4.47. The molecule has 0 saturated heterocycles. The molecule has 0 aromatic carbocycles. The molecule has 1 rings (SSSR count). The van der Waals surface area contributed by atoms with Crippen LogP contribution in [0.5, 0.6) is 0 Å². The van der Waals surface area contributed by atoms with Gasteiger partial charge in [-0.1, -0.05) is 32.6 Å². The molecule has 0 heterocycles. The van der Waals surface area contributed by atoms with Crippen LogP contribution < -0.4 is 0 Å². The second-order valence-corrected chi connectivity index (χ2v) is 5.69. The number of Topliss-reactive ketones (excluding diaryl/α,β-unsaturated/α-hetero) is 1. The van der Waals surface area contributed by atoms with E-state index >= 15 is 0 Å². The summed E-state index contributed by atoms with van der Waals surface area (Å²) in [6, 6.07) is 0. The molecule has 1 aliphatic rings. The van der Waals surface area contributed by atoms with Crippen LogP contribution in [0, 0.1) is 11.8 Å². The SMILES string of the molecule is C=C1CC[C@H](C(C)C)/C=C/[C@](C)(O)CCC1=O. The number of ketones is 1. The van der Waals surface area contributed by atoms with Gasteiger partial charge < -0.3 is 5.11 Å². The fourth-order valence-electron chi connectivity index (χ4n) is 2.09.